The second kappa shape index (κ2) is 7.62. The number of piperazine rings is 1. The third kappa shape index (κ3) is 3.64. The Morgan fingerprint density at radius 3 is 2.80 bits per heavy atom. The van der Waals surface area contributed by atoms with Crippen molar-refractivity contribution < 1.29 is 9.18 Å². The molecule has 1 atom stereocenters. The van der Waals surface area contributed by atoms with Crippen LogP contribution < -0.4 is 16.6 Å². The number of benzene rings is 1. The number of nitrogens with zero attached hydrogens (tertiary/aromatic N) is 2. The Morgan fingerprint density at radius 1 is 1.32 bits per heavy atom. The Balaban J connectivity index is 0.00000225. The zero-order chi connectivity index (χ0) is 17.3. The van der Waals surface area contributed by atoms with E-state index < -0.39 is 23.2 Å². The lowest BCUT2D eigenvalue weighted by atomic mass is 10.0. The van der Waals surface area contributed by atoms with Gasteiger partial charge in [0.05, 0.1) is 6.04 Å². The summed E-state index contributed by atoms with van der Waals surface area (Å²) in [5, 5.41) is 3.17. The predicted molar refractivity (Wildman–Crippen MR) is 92.6 cm³/mol. The lowest BCUT2D eigenvalue weighted by Crippen LogP contribution is -2.50. The molecule has 0 saturated carbocycles. The smallest absolute Gasteiger partial charge is 0.328 e. The first-order chi connectivity index (χ1) is 11.5. The first-order valence-corrected chi connectivity index (χ1v) is 7.55. The lowest BCUT2D eigenvalue weighted by Gasteiger charge is -2.36. The van der Waals surface area contributed by atoms with Crippen molar-refractivity contribution in [1.29, 1.82) is 0 Å². The molecule has 1 fully saturated rings. The van der Waals surface area contributed by atoms with Crippen LogP contribution in [0.15, 0.2) is 40.1 Å². The van der Waals surface area contributed by atoms with Gasteiger partial charge < -0.3 is 15.2 Å². The zero-order valence-corrected chi connectivity index (χ0v) is 14.3. The van der Waals surface area contributed by atoms with Crippen molar-refractivity contribution in [2.45, 2.75) is 6.04 Å². The molecule has 2 heterocycles. The minimum atomic E-state index is -0.653. The van der Waals surface area contributed by atoms with Crippen molar-refractivity contribution in [2.24, 2.45) is 7.05 Å². The molecule has 0 spiro atoms. The Bertz CT molecular complexity index is 895. The van der Waals surface area contributed by atoms with E-state index in [4.69, 9.17) is 0 Å². The molecule has 1 aliphatic rings. The molecule has 2 N–H and O–H groups in total. The molecule has 1 aromatic heterocycles. The third-order valence-corrected chi connectivity index (χ3v) is 4.15. The van der Waals surface area contributed by atoms with Gasteiger partial charge in [0.25, 0.3) is 11.5 Å². The fourth-order valence-electron chi connectivity index (χ4n) is 2.83. The fraction of sp³-hybridized carbons (Fsp3) is 0.312. The molecule has 1 amide bonds. The number of halogens is 2. The number of aromatic nitrogens is 2. The molecule has 134 valence electrons. The van der Waals surface area contributed by atoms with Crippen LogP contribution in [0.1, 0.15) is 22.0 Å². The van der Waals surface area contributed by atoms with E-state index in [0.717, 1.165) is 10.8 Å². The summed E-state index contributed by atoms with van der Waals surface area (Å²) in [4.78, 5) is 40.4. The number of amides is 1. The molecule has 0 bridgehead atoms. The molecule has 0 aliphatic carbocycles. The summed E-state index contributed by atoms with van der Waals surface area (Å²) in [5.41, 5.74) is -0.698. The molecule has 9 heteroatoms. The van der Waals surface area contributed by atoms with Crippen LogP contribution in [0.2, 0.25) is 0 Å². The summed E-state index contributed by atoms with van der Waals surface area (Å²) in [6.45, 7) is 1.41. The number of H-pyrrole nitrogens is 1. The average Bonchev–Trinajstić information content (AvgIpc) is 2.59. The number of hydrogen-bond donors (Lipinski definition) is 2. The van der Waals surface area contributed by atoms with Crippen LogP contribution in [0.5, 0.6) is 0 Å². The maximum atomic E-state index is 13.5. The highest BCUT2D eigenvalue weighted by molar-refractivity contribution is 5.94. The van der Waals surface area contributed by atoms with Gasteiger partial charge in [-0.2, -0.15) is 0 Å². The molecular formula is C16H18ClFN4O3. The number of aromatic amines is 1. The molecule has 25 heavy (non-hydrogen) atoms. The molecule has 7 nitrogen and oxygen atoms in total. The van der Waals surface area contributed by atoms with Crippen LogP contribution in [-0.2, 0) is 7.05 Å². The average molecular weight is 369 g/mol. The number of carbonyl (C=O) groups excluding carboxylic acids is 1. The van der Waals surface area contributed by atoms with Gasteiger partial charge in [0, 0.05) is 32.9 Å². The molecule has 0 radical (unpaired) electrons. The second-order valence-corrected chi connectivity index (χ2v) is 5.65. The summed E-state index contributed by atoms with van der Waals surface area (Å²) >= 11 is 0. The van der Waals surface area contributed by atoms with Gasteiger partial charge in [-0.3, -0.25) is 14.2 Å². The maximum Gasteiger partial charge on any atom is 0.328 e. The normalized spacial score (nSPS) is 17.0. The van der Waals surface area contributed by atoms with Crippen molar-refractivity contribution in [3.05, 3.63) is 68.2 Å². The first-order valence-electron chi connectivity index (χ1n) is 7.55. The van der Waals surface area contributed by atoms with Crippen LogP contribution in [-0.4, -0.2) is 40.0 Å². The fourth-order valence-corrected chi connectivity index (χ4v) is 2.83. The number of hydrogen-bond acceptors (Lipinski definition) is 4. The Hall–Kier alpha value is -2.45. The highest BCUT2D eigenvalue weighted by Gasteiger charge is 2.30. The first kappa shape index (κ1) is 18.9. The highest BCUT2D eigenvalue weighted by Crippen LogP contribution is 2.24. The van der Waals surface area contributed by atoms with Crippen LogP contribution in [0.25, 0.3) is 0 Å². The Kier molecular flexibility index (Phi) is 5.76. The number of nitrogens with one attached hydrogen (secondary N) is 2. The summed E-state index contributed by atoms with van der Waals surface area (Å²) in [6.07, 6.45) is 1.14. The van der Waals surface area contributed by atoms with E-state index in [1.165, 1.54) is 24.1 Å². The molecule has 1 aliphatic heterocycles. The molecular weight excluding hydrogens is 351 g/mol. The minimum Gasteiger partial charge on any atom is -0.329 e. The van der Waals surface area contributed by atoms with Gasteiger partial charge in [-0.05, 0) is 17.7 Å². The van der Waals surface area contributed by atoms with Crippen LogP contribution in [0.4, 0.5) is 4.39 Å². The van der Waals surface area contributed by atoms with Crippen LogP contribution in [0, 0.1) is 5.82 Å². The van der Waals surface area contributed by atoms with Gasteiger partial charge in [0.15, 0.2) is 0 Å². The van der Waals surface area contributed by atoms with Gasteiger partial charge in [0.1, 0.15) is 11.4 Å². The largest absolute Gasteiger partial charge is 0.329 e. The van der Waals surface area contributed by atoms with Crippen molar-refractivity contribution >= 4 is 18.3 Å². The minimum absolute atomic E-state index is 0. The molecule has 1 aromatic carbocycles. The van der Waals surface area contributed by atoms with E-state index in [2.05, 4.69) is 10.3 Å². The van der Waals surface area contributed by atoms with Gasteiger partial charge in [0.2, 0.25) is 0 Å². The Morgan fingerprint density at radius 2 is 2.08 bits per heavy atom. The van der Waals surface area contributed by atoms with Crippen molar-refractivity contribution in [2.75, 3.05) is 19.6 Å². The highest BCUT2D eigenvalue weighted by atomic mass is 35.5. The molecule has 1 saturated heterocycles. The Labute approximate surface area is 148 Å². The lowest BCUT2D eigenvalue weighted by molar-refractivity contribution is 0.0630. The third-order valence-electron chi connectivity index (χ3n) is 4.15. The monoisotopic (exact) mass is 368 g/mol. The van der Waals surface area contributed by atoms with E-state index in [1.54, 1.807) is 12.1 Å². The zero-order valence-electron chi connectivity index (χ0n) is 13.5. The maximum absolute atomic E-state index is 13.5. The summed E-state index contributed by atoms with van der Waals surface area (Å²) < 4.78 is 14.4. The summed E-state index contributed by atoms with van der Waals surface area (Å²) in [6, 6.07) is 5.65. The van der Waals surface area contributed by atoms with Crippen molar-refractivity contribution in [3.63, 3.8) is 0 Å². The summed E-state index contributed by atoms with van der Waals surface area (Å²) in [7, 11) is 1.31. The quantitative estimate of drug-likeness (QED) is 0.804. The van der Waals surface area contributed by atoms with Crippen LogP contribution >= 0.6 is 12.4 Å². The standard InChI is InChI=1S/C16H17FN4O3.ClH/c1-20-14(22)12(8-19-16(20)24)15(23)21-6-5-18-9-13(21)10-3-2-4-11(17)7-10;/h2-4,7-8,13,18H,5-6,9H2,1H3,(H,19,24);1H. The van der Waals surface area contributed by atoms with E-state index in [-0.39, 0.29) is 23.8 Å². The van der Waals surface area contributed by atoms with E-state index >= 15 is 0 Å². The number of carbonyl (C=O) groups is 1. The topological polar surface area (TPSA) is 87.2 Å². The van der Waals surface area contributed by atoms with E-state index in [9.17, 15) is 18.8 Å². The predicted octanol–water partition coefficient (Wildman–Crippen LogP) is 0.421. The van der Waals surface area contributed by atoms with Crippen molar-refractivity contribution in [3.8, 4) is 0 Å². The molecule has 1 unspecified atom stereocenters. The van der Waals surface area contributed by atoms with Gasteiger partial charge in [-0.1, -0.05) is 12.1 Å². The van der Waals surface area contributed by atoms with E-state index in [1.807, 2.05) is 0 Å². The molecule has 2 aromatic rings. The van der Waals surface area contributed by atoms with Gasteiger partial charge in [-0.25, -0.2) is 9.18 Å². The summed E-state index contributed by atoms with van der Waals surface area (Å²) in [5.74, 6) is -0.868. The van der Waals surface area contributed by atoms with Gasteiger partial charge >= 0.3 is 5.69 Å². The second-order valence-electron chi connectivity index (χ2n) is 5.65. The van der Waals surface area contributed by atoms with Crippen LogP contribution in [0.3, 0.4) is 0 Å². The van der Waals surface area contributed by atoms with Gasteiger partial charge in [-0.15, -0.1) is 12.4 Å². The van der Waals surface area contributed by atoms with E-state index in [0.29, 0.717) is 25.2 Å². The van der Waals surface area contributed by atoms with Crippen molar-refractivity contribution in [1.82, 2.24) is 19.8 Å². The SMILES string of the molecule is Cl.Cn1c(=O)[nH]cc(C(=O)N2CCNCC2c2cccc(F)c2)c1=O. The number of rotatable bonds is 2. The molecule has 3 rings (SSSR count).